The summed E-state index contributed by atoms with van der Waals surface area (Å²) in [4.78, 5) is 20.4. The van der Waals surface area contributed by atoms with Crippen LogP contribution in [0.1, 0.15) is 5.56 Å². The molecular weight excluding hydrogens is 306 g/mol. The number of carbonyl (C=O) groups excluding carboxylic acids is 1. The Labute approximate surface area is 131 Å². The molecule has 106 valence electrons. The second-order valence-electron chi connectivity index (χ2n) is 4.53. The highest BCUT2D eigenvalue weighted by molar-refractivity contribution is 8.15. The zero-order valence-corrected chi connectivity index (χ0v) is 12.6. The summed E-state index contributed by atoms with van der Waals surface area (Å²) in [6, 6.07) is 13.0. The highest BCUT2D eigenvalue weighted by atomic mass is 35.5. The Morgan fingerprint density at radius 3 is 2.95 bits per heavy atom. The second kappa shape index (κ2) is 6.28. The number of halogens is 1. The molecule has 0 spiro atoms. The van der Waals surface area contributed by atoms with Crippen LogP contribution in [0.4, 0.5) is 5.82 Å². The van der Waals surface area contributed by atoms with Crippen LogP contribution in [0.5, 0.6) is 0 Å². The smallest absolute Gasteiger partial charge is 0.239 e. The van der Waals surface area contributed by atoms with Crippen molar-refractivity contribution in [1.82, 2.24) is 10.3 Å². The van der Waals surface area contributed by atoms with Gasteiger partial charge < -0.3 is 5.32 Å². The predicted octanol–water partition coefficient (Wildman–Crippen LogP) is 3.20. The van der Waals surface area contributed by atoms with E-state index in [1.165, 1.54) is 11.8 Å². The van der Waals surface area contributed by atoms with Crippen molar-refractivity contribution in [2.75, 3.05) is 0 Å². The van der Waals surface area contributed by atoms with Crippen LogP contribution < -0.4 is 5.32 Å². The minimum Gasteiger partial charge on any atom is -0.304 e. The number of nitrogens with one attached hydrogen (secondary N) is 1. The van der Waals surface area contributed by atoms with E-state index in [9.17, 15) is 4.79 Å². The lowest BCUT2D eigenvalue weighted by molar-refractivity contribution is -0.118. The maximum absolute atomic E-state index is 12.0. The summed E-state index contributed by atoms with van der Waals surface area (Å²) in [6.07, 6.45) is 2.29. The van der Waals surface area contributed by atoms with Gasteiger partial charge in [0.1, 0.15) is 0 Å². The van der Waals surface area contributed by atoms with Gasteiger partial charge in [-0.05, 0) is 36.2 Å². The third-order valence-corrected chi connectivity index (χ3v) is 4.27. The van der Waals surface area contributed by atoms with Gasteiger partial charge in [-0.15, -0.1) is 0 Å². The Hall–Kier alpha value is -1.85. The lowest BCUT2D eigenvalue weighted by atomic mass is 10.1. The number of amidine groups is 1. The monoisotopic (exact) mass is 317 g/mol. The maximum Gasteiger partial charge on any atom is 0.239 e. The number of carbonyl (C=O) groups is 1. The topological polar surface area (TPSA) is 54.4 Å². The van der Waals surface area contributed by atoms with Gasteiger partial charge in [0.25, 0.3) is 0 Å². The lowest BCUT2D eigenvalue weighted by Gasteiger charge is -2.05. The first-order valence-electron chi connectivity index (χ1n) is 6.42. The van der Waals surface area contributed by atoms with Crippen LogP contribution in [0.2, 0.25) is 5.02 Å². The van der Waals surface area contributed by atoms with E-state index in [0.717, 1.165) is 5.56 Å². The number of thioether (sulfide) groups is 1. The van der Waals surface area contributed by atoms with Gasteiger partial charge in [-0.25, -0.2) is 9.98 Å². The molecule has 0 aliphatic carbocycles. The number of benzene rings is 1. The molecule has 1 atom stereocenters. The first-order chi connectivity index (χ1) is 10.2. The molecular formula is C15H12ClN3OS. The van der Waals surface area contributed by atoms with Crippen molar-refractivity contribution in [3.8, 4) is 0 Å². The third kappa shape index (κ3) is 3.62. The van der Waals surface area contributed by atoms with E-state index < -0.39 is 0 Å². The van der Waals surface area contributed by atoms with E-state index in [1.54, 1.807) is 12.3 Å². The first kappa shape index (κ1) is 14.1. The number of aliphatic imine (C=N–C) groups is 1. The Bertz CT molecular complexity index is 690. The Balaban J connectivity index is 1.72. The largest absolute Gasteiger partial charge is 0.304 e. The standard InChI is InChI=1S/C15H12ClN3OS/c16-11-5-3-4-10(8-11)9-12-14(20)19-15(21-12)18-13-6-1-2-7-17-13/h1-8,12H,9H2,(H,17,18,19,20). The average molecular weight is 318 g/mol. The van der Waals surface area contributed by atoms with Crippen molar-refractivity contribution < 1.29 is 4.79 Å². The molecule has 1 saturated heterocycles. The molecule has 1 fully saturated rings. The number of nitrogens with zero attached hydrogens (tertiary/aromatic N) is 2. The van der Waals surface area contributed by atoms with Gasteiger partial charge in [-0.1, -0.05) is 41.6 Å². The van der Waals surface area contributed by atoms with Crippen molar-refractivity contribution in [3.63, 3.8) is 0 Å². The number of rotatable bonds is 3. The van der Waals surface area contributed by atoms with Crippen molar-refractivity contribution >= 4 is 40.3 Å². The van der Waals surface area contributed by atoms with Crippen LogP contribution >= 0.6 is 23.4 Å². The molecule has 2 aromatic rings. The average Bonchev–Trinajstić information content (AvgIpc) is 2.80. The van der Waals surface area contributed by atoms with Crippen molar-refractivity contribution in [2.24, 2.45) is 4.99 Å². The van der Waals surface area contributed by atoms with E-state index in [2.05, 4.69) is 15.3 Å². The fourth-order valence-corrected chi connectivity index (χ4v) is 3.22. The molecule has 0 saturated carbocycles. The lowest BCUT2D eigenvalue weighted by Crippen LogP contribution is -2.25. The van der Waals surface area contributed by atoms with Gasteiger partial charge in [-0.3, -0.25) is 4.79 Å². The highest BCUT2D eigenvalue weighted by Gasteiger charge is 2.30. The molecule has 1 aromatic heterocycles. The van der Waals surface area contributed by atoms with Gasteiger partial charge >= 0.3 is 0 Å². The van der Waals surface area contributed by atoms with Gasteiger partial charge in [0.2, 0.25) is 5.91 Å². The molecule has 21 heavy (non-hydrogen) atoms. The Morgan fingerprint density at radius 1 is 1.29 bits per heavy atom. The molecule has 1 amide bonds. The normalized spacial score (nSPS) is 19.8. The SMILES string of the molecule is O=C1N/C(=N/c2ccccn2)SC1Cc1cccc(Cl)c1. The Morgan fingerprint density at radius 2 is 2.19 bits per heavy atom. The van der Waals surface area contributed by atoms with Crippen LogP contribution in [-0.4, -0.2) is 21.3 Å². The van der Waals surface area contributed by atoms with Gasteiger partial charge in [0.05, 0.1) is 5.25 Å². The molecule has 0 radical (unpaired) electrons. The minimum absolute atomic E-state index is 0.0327. The van der Waals surface area contributed by atoms with Crippen LogP contribution in [0.3, 0.4) is 0 Å². The molecule has 0 bridgehead atoms. The van der Waals surface area contributed by atoms with E-state index in [-0.39, 0.29) is 11.2 Å². The molecule has 1 unspecified atom stereocenters. The van der Waals surface area contributed by atoms with E-state index in [1.807, 2.05) is 36.4 Å². The molecule has 1 N–H and O–H groups in total. The van der Waals surface area contributed by atoms with E-state index >= 15 is 0 Å². The van der Waals surface area contributed by atoms with Crippen LogP contribution in [0.15, 0.2) is 53.7 Å². The zero-order valence-electron chi connectivity index (χ0n) is 11.0. The van der Waals surface area contributed by atoms with Crippen molar-refractivity contribution in [1.29, 1.82) is 0 Å². The summed E-state index contributed by atoms with van der Waals surface area (Å²) < 4.78 is 0. The number of aromatic nitrogens is 1. The summed E-state index contributed by atoms with van der Waals surface area (Å²) >= 11 is 7.38. The Kier molecular flexibility index (Phi) is 4.22. The number of amides is 1. The predicted molar refractivity (Wildman–Crippen MR) is 86.0 cm³/mol. The van der Waals surface area contributed by atoms with Gasteiger partial charge in [-0.2, -0.15) is 0 Å². The van der Waals surface area contributed by atoms with Crippen molar-refractivity contribution in [3.05, 3.63) is 59.2 Å². The summed E-state index contributed by atoms with van der Waals surface area (Å²) in [6.45, 7) is 0. The van der Waals surface area contributed by atoms with Crippen LogP contribution in [-0.2, 0) is 11.2 Å². The van der Waals surface area contributed by atoms with Crippen LogP contribution in [0, 0.1) is 0 Å². The van der Waals surface area contributed by atoms with E-state index in [4.69, 9.17) is 11.6 Å². The molecule has 1 aromatic carbocycles. The number of pyridine rings is 1. The number of hydrogen-bond donors (Lipinski definition) is 1. The summed E-state index contributed by atoms with van der Waals surface area (Å²) in [5, 5.41) is 3.87. The van der Waals surface area contributed by atoms with Gasteiger partial charge in [0.15, 0.2) is 11.0 Å². The number of hydrogen-bond acceptors (Lipinski definition) is 4. The van der Waals surface area contributed by atoms with E-state index in [0.29, 0.717) is 22.4 Å². The molecule has 3 rings (SSSR count). The molecule has 4 nitrogen and oxygen atoms in total. The molecule has 1 aliphatic rings. The fourth-order valence-electron chi connectivity index (χ4n) is 1.99. The molecule has 2 heterocycles. The maximum atomic E-state index is 12.0. The second-order valence-corrected chi connectivity index (χ2v) is 6.16. The summed E-state index contributed by atoms with van der Waals surface area (Å²) in [7, 11) is 0. The quantitative estimate of drug-likeness (QED) is 0.946. The summed E-state index contributed by atoms with van der Waals surface area (Å²) in [5.74, 6) is 0.554. The zero-order chi connectivity index (χ0) is 14.7. The van der Waals surface area contributed by atoms with Gasteiger partial charge in [0, 0.05) is 11.2 Å². The first-order valence-corrected chi connectivity index (χ1v) is 7.68. The fraction of sp³-hybridized carbons (Fsp3) is 0.133. The molecule has 1 aliphatic heterocycles. The molecule has 6 heteroatoms. The van der Waals surface area contributed by atoms with Crippen LogP contribution in [0.25, 0.3) is 0 Å². The minimum atomic E-state index is -0.189. The highest BCUT2D eigenvalue weighted by Crippen LogP contribution is 2.25. The van der Waals surface area contributed by atoms with Crippen molar-refractivity contribution in [2.45, 2.75) is 11.7 Å². The third-order valence-electron chi connectivity index (χ3n) is 2.95. The summed E-state index contributed by atoms with van der Waals surface area (Å²) in [5.41, 5.74) is 1.04.